The summed E-state index contributed by atoms with van der Waals surface area (Å²) in [6.45, 7) is 18.1. The zero-order valence-electron chi connectivity index (χ0n) is 13.4. The first kappa shape index (κ1) is 14.4. The summed E-state index contributed by atoms with van der Waals surface area (Å²) in [6.07, 6.45) is 2.45. The zero-order valence-corrected chi connectivity index (χ0v) is 13.4. The van der Waals surface area contributed by atoms with E-state index >= 15 is 0 Å². The second kappa shape index (κ2) is 4.81. The van der Waals surface area contributed by atoms with E-state index in [-0.39, 0.29) is 5.41 Å². The predicted molar refractivity (Wildman–Crippen MR) is 85.6 cm³/mol. The molecule has 0 fully saturated rings. The SMILES string of the molecule is C=C1c2cc(C(C)(C)C)c(C)cc2CC1CC(C)C. The lowest BCUT2D eigenvalue weighted by atomic mass is 9.82. The van der Waals surface area contributed by atoms with Gasteiger partial charge in [0.15, 0.2) is 0 Å². The Morgan fingerprint density at radius 1 is 1.26 bits per heavy atom. The standard InChI is InChI=1S/C19H28/c1-12(2)8-15-10-16-9-13(3)18(19(5,6)7)11-17(16)14(15)4/h9,11-12,15H,4,8,10H2,1-3,5-7H3. The molecule has 0 N–H and O–H groups in total. The minimum Gasteiger partial charge on any atom is -0.0949 e. The Kier molecular flexibility index (Phi) is 3.64. The highest BCUT2D eigenvalue weighted by Gasteiger charge is 2.28. The zero-order chi connectivity index (χ0) is 14.4. The fourth-order valence-electron chi connectivity index (χ4n) is 3.45. The molecule has 0 saturated carbocycles. The average Bonchev–Trinajstić information content (AvgIpc) is 2.52. The highest BCUT2D eigenvalue weighted by molar-refractivity contribution is 5.74. The summed E-state index contributed by atoms with van der Waals surface area (Å²) in [5, 5.41) is 0. The van der Waals surface area contributed by atoms with Gasteiger partial charge < -0.3 is 0 Å². The third-order valence-electron chi connectivity index (χ3n) is 4.32. The van der Waals surface area contributed by atoms with Crippen LogP contribution < -0.4 is 0 Å². The van der Waals surface area contributed by atoms with Gasteiger partial charge in [0.25, 0.3) is 0 Å². The van der Waals surface area contributed by atoms with Crippen LogP contribution in [0.3, 0.4) is 0 Å². The minimum absolute atomic E-state index is 0.218. The molecule has 1 unspecified atom stereocenters. The van der Waals surface area contributed by atoms with Gasteiger partial charge in [-0.2, -0.15) is 0 Å². The lowest BCUT2D eigenvalue weighted by molar-refractivity contribution is 0.494. The summed E-state index contributed by atoms with van der Waals surface area (Å²) in [4.78, 5) is 0. The van der Waals surface area contributed by atoms with Crippen molar-refractivity contribution in [2.75, 3.05) is 0 Å². The Morgan fingerprint density at radius 2 is 1.89 bits per heavy atom. The quantitative estimate of drug-likeness (QED) is 0.653. The van der Waals surface area contributed by atoms with Crippen LogP contribution in [0.2, 0.25) is 0 Å². The minimum atomic E-state index is 0.218. The van der Waals surface area contributed by atoms with E-state index in [0.29, 0.717) is 5.92 Å². The Hall–Kier alpha value is -1.04. The van der Waals surface area contributed by atoms with Crippen LogP contribution in [0.5, 0.6) is 0 Å². The van der Waals surface area contributed by atoms with Crippen LogP contribution in [0.4, 0.5) is 0 Å². The maximum Gasteiger partial charge on any atom is -0.0119 e. The molecule has 19 heavy (non-hydrogen) atoms. The molecule has 0 amide bonds. The smallest absolute Gasteiger partial charge is 0.0119 e. The fourth-order valence-corrected chi connectivity index (χ4v) is 3.45. The van der Waals surface area contributed by atoms with Crippen molar-refractivity contribution in [2.45, 2.75) is 59.8 Å². The highest BCUT2D eigenvalue weighted by atomic mass is 14.3. The number of rotatable bonds is 2. The van der Waals surface area contributed by atoms with Gasteiger partial charge >= 0.3 is 0 Å². The molecular weight excluding hydrogens is 228 g/mol. The van der Waals surface area contributed by atoms with Gasteiger partial charge in [-0.05, 0) is 64.8 Å². The van der Waals surface area contributed by atoms with Crippen molar-refractivity contribution in [2.24, 2.45) is 11.8 Å². The van der Waals surface area contributed by atoms with Crippen molar-refractivity contribution in [1.82, 2.24) is 0 Å². The van der Waals surface area contributed by atoms with Gasteiger partial charge in [-0.25, -0.2) is 0 Å². The van der Waals surface area contributed by atoms with Gasteiger partial charge in [0.2, 0.25) is 0 Å². The molecule has 1 aliphatic rings. The average molecular weight is 256 g/mol. The summed E-state index contributed by atoms with van der Waals surface area (Å²) < 4.78 is 0. The topological polar surface area (TPSA) is 0 Å². The van der Waals surface area contributed by atoms with Gasteiger partial charge in [0.05, 0.1) is 0 Å². The van der Waals surface area contributed by atoms with E-state index in [0.717, 1.165) is 5.92 Å². The molecule has 2 rings (SSSR count). The first-order valence-corrected chi connectivity index (χ1v) is 7.53. The Bertz CT molecular complexity index is 498. The molecule has 1 aromatic carbocycles. The lowest BCUT2D eigenvalue weighted by Gasteiger charge is -2.23. The van der Waals surface area contributed by atoms with E-state index in [2.05, 4.69) is 60.3 Å². The molecule has 0 aromatic heterocycles. The molecule has 104 valence electrons. The van der Waals surface area contributed by atoms with Crippen molar-refractivity contribution >= 4 is 5.57 Å². The second-order valence-corrected chi connectivity index (χ2v) is 7.63. The number of hydrogen-bond acceptors (Lipinski definition) is 0. The summed E-state index contributed by atoms with van der Waals surface area (Å²) in [5.74, 6) is 1.41. The molecule has 0 radical (unpaired) electrons. The van der Waals surface area contributed by atoms with E-state index in [1.807, 2.05) is 0 Å². The molecule has 0 saturated heterocycles. The van der Waals surface area contributed by atoms with Gasteiger partial charge in [-0.1, -0.05) is 53.3 Å². The Morgan fingerprint density at radius 3 is 2.42 bits per heavy atom. The summed E-state index contributed by atoms with van der Waals surface area (Å²) in [6, 6.07) is 4.81. The van der Waals surface area contributed by atoms with Gasteiger partial charge in [-0.3, -0.25) is 0 Å². The fraction of sp³-hybridized carbons (Fsp3) is 0.579. The van der Waals surface area contributed by atoms with E-state index in [4.69, 9.17) is 0 Å². The molecular formula is C19H28. The first-order valence-electron chi connectivity index (χ1n) is 7.53. The Labute approximate surface area is 118 Å². The van der Waals surface area contributed by atoms with Crippen LogP contribution >= 0.6 is 0 Å². The van der Waals surface area contributed by atoms with E-state index in [1.165, 1.54) is 40.7 Å². The number of allylic oxidation sites excluding steroid dienone is 1. The number of hydrogen-bond donors (Lipinski definition) is 0. The van der Waals surface area contributed by atoms with Crippen molar-refractivity contribution in [3.63, 3.8) is 0 Å². The number of aryl methyl sites for hydroxylation is 1. The third kappa shape index (κ3) is 2.78. The van der Waals surface area contributed by atoms with Gasteiger partial charge in [0.1, 0.15) is 0 Å². The first-order chi connectivity index (χ1) is 8.70. The van der Waals surface area contributed by atoms with E-state index in [1.54, 1.807) is 0 Å². The van der Waals surface area contributed by atoms with Crippen molar-refractivity contribution in [3.05, 3.63) is 41.0 Å². The molecule has 0 heterocycles. The normalized spacial score (nSPS) is 19.1. The van der Waals surface area contributed by atoms with E-state index < -0.39 is 0 Å². The molecule has 0 nitrogen and oxygen atoms in total. The van der Waals surface area contributed by atoms with Crippen LogP contribution in [0.25, 0.3) is 5.57 Å². The molecule has 1 atom stereocenters. The van der Waals surface area contributed by atoms with Crippen molar-refractivity contribution < 1.29 is 0 Å². The summed E-state index contributed by atoms with van der Waals surface area (Å²) in [5.41, 5.74) is 7.44. The monoisotopic (exact) mass is 256 g/mol. The Balaban J connectivity index is 2.40. The molecule has 1 aromatic rings. The van der Waals surface area contributed by atoms with Crippen LogP contribution in [0, 0.1) is 18.8 Å². The largest absolute Gasteiger partial charge is 0.0949 e. The molecule has 0 heteroatoms. The maximum absolute atomic E-state index is 4.38. The van der Waals surface area contributed by atoms with Crippen LogP contribution in [-0.4, -0.2) is 0 Å². The lowest BCUT2D eigenvalue weighted by Crippen LogP contribution is -2.13. The third-order valence-corrected chi connectivity index (χ3v) is 4.32. The van der Waals surface area contributed by atoms with Crippen molar-refractivity contribution in [3.8, 4) is 0 Å². The summed E-state index contributed by atoms with van der Waals surface area (Å²) in [7, 11) is 0. The van der Waals surface area contributed by atoms with Gasteiger partial charge in [-0.15, -0.1) is 0 Å². The number of fused-ring (bicyclic) bond motifs is 1. The predicted octanol–water partition coefficient (Wildman–Crippen LogP) is 5.52. The maximum atomic E-state index is 4.38. The second-order valence-electron chi connectivity index (χ2n) is 7.63. The molecule has 0 bridgehead atoms. The molecule has 0 aliphatic heterocycles. The molecule has 0 spiro atoms. The van der Waals surface area contributed by atoms with Crippen LogP contribution in [0.1, 0.15) is 63.3 Å². The number of benzene rings is 1. The van der Waals surface area contributed by atoms with E-state index in [9.17, 15) is 0 Å². The molecule has 1 aliphatic carbocycles. The highest BCUT2D eigenvalue weighted by Crippen LogP contribution is 2.42. The van der Waals surface area contributed by atoms with Gasteiger partial charge in [0, 0.05) is 0 Å². The van der Waals surface area contributed by atoms with Crippen molar-refractivity contribution in [1.29, 1.82) is 0 Å². The van der Waals surface area contributed by atoms with Crippen LogP contribution in [0.15, 0.2) is 18.7 Å². The van der Waals surface area contributed by atoms with Crippen LogP contribution in [-0.2, 0) is 11.8 Å². The summed E-state index contributed by atoms with van der Waals surface area (Å²) >= 11 is 0.